The van der Waals surface area contributed by atoms with E-state index in [1.165, 1.54) is 6.20 Å². The summed E-state index contributed by atoms with van der Waals surface area (Å²) in [6.07, 6.45) is 5.30. The lowest BCUT2D eigenvalue weighted by molar-refractivity contribution is 0.0180. The van der Waals surface area contributed by atoms with Gasteiger partial charge in [0.1, 0.15) is 0 Å². The molecule has 1 aromatic rings. The van der Waals surface area contributed by atoms with Crippen molar-refractivity contribution >= 4 is 15.9 Å². The maximum atomic E-state index is 11.6. The monoisotopic (exact) mass is 286 g/mol. The van der Waals surface area contributed by atoms with Crippen LogP contribution in [0.4, 0.5) is 0 Å². The van der Waals surface area contributed by atoms with Gasteiger partial charge in [0, 0.05) is 42.9 Å². The number of nitrogens with zero attached hydrogens (tertiary/aromatic N) is 2. The van der Waals surface area contributed by atoms with Gasteiger partial charge in [-0.25, -0.2) is 9.78 Å². The van der Waals surface area contributed by atoms with E-state index in [1.807, 2.05) is 0 Å². The summed E-state index contributed by atoms with van der Waals surface area (Å²) in [5.74, 6) is 0. The van der Waals surface area contributed by atoms with Crippen molar-refractivity contribution in [3.8, 4) is 0 Å². The van der Waals surface area contributed by atoms with Crippen LogP contribution in [-0.4, -0.2) is 28.1 Å². The van der Waals surface area contributed by atoms with E-state index in [-0.39, 0.29) is 11.1 Å². The zero-order chi connectivity index (χ0) is 11.4. The van der Waals surface area contributed by atoms with Gasteiger partial charge in [0.15, 0.2) is 0 Å². The number of hydrogen-bond acceptors (Lipinski definition) is 3. The van der Waals surface area contributed by atoms with E-state index in [9.17, 15) is 4.79 Å². The highest BCUT2D eigenvalue weighted by Gasteiger charge is 2.32. The first-order chi connectivity index (χ1) is 7.76. The minimum absolute atomic E-state index is 0.130. The Morgan fingerprint density at radius 2 is 2.25 bits per heavy atom. The van der Waals surface area contributed by atoms with E-state index in [4.69, 9.17) is 4.74 Å². The van der Waals surface area contributed by atoms with Gasteiger partial charge in [-0.3, -0.25) is 4.57 Å². The van der Waals surface area contributed by atoms with Crippen molar-refractivity contribution < 1.29 is 4.74 Å². The fraction of sp³-hybridized carbons (Fsp3) is 0.636. The number of halogens is 1. The molecule has 0 aliphatic carbocycles. The lowest BCUT2D eigenvalue weighted by Gasteiger charge is -2.35. The average molecular weight is 287 g/mol. The molecule has 0 aromatic carbocycles. The van der Waals surface area contributed by atoms with Crippen LogP contribution in [0.25, 0.3) is 0 Å². The van der Waals surface area contributed by atoms with Crippen molar-refractivity contribution in [2.75, 3.05) is 18.5 Å². The summed E-state index contributed by atoms with van der Waals surface area (Å²) in [5.41, 5.74) is -0.0419. The molecule has 0 radical (unpaired) electrons. The number of ether oxygens (including phenoxy) is 1. The van der Waals surface area contributed by atoms with Crippen molar-refractivity contribution in [1.82, 2.24) is 9.55 Å². The summed E-state index contributed by atoms with van der Waals surface area (Å²) in [6.45, 7) is 2.27. The molecule has 2 rings (SSSR count). The lowest BCUT2D eigenvalue weighted by Crippen LogP contribution is -2.38. The number of hydrogen-bond donors (Lipinski definition) is 0. The van der Waals surface area contributed by atoms with Gasteiger partial charge in [0.2, 0.25) is 0 Å². The summed E-state index contributed by atoms with van der Waals surface area (Å²) in [7, 11) is 0. The topological polar surface area (TPSA) is 44.1 Å². The van der Waals surface area contributed by atoms with Crippen LogP contribution in [0.2, 0.25) is 0 Å². The molecule has 4 nitrogen and oxygen atoms in total. The molecule has 0 atom stereocenters. The maximum absolute atomic E-state index is 11.6. The summed E-state index contributed by atoms with van der Waals surface area (Å²) < 4.78 is 7.06. The molecule has 1 saturated heterocycles. The van der Waals surface area contributed by atoms with Crippen LogP contribution in [0.5, 0.6) is 0 Å². The van der Waals surface area contributed by atoms with E-state index in [0.717, 1.165) is 31.4 Å². The molecule has 1 aliphatic heterocycles. The molecule has 88 valence electrons. The van der Waals surface area contributed by atoms with Gasteiger partial charge in [-0.15, -0.1) is 0 Å². The van der Waals surface area contributed by atoms with E-state index in [1.54, 1.807) is 16.8 Å². The fourth-order valence-corrected chi connectivity index (χ4v) is 2.75. The van der Waals surface area contributed by atoms with Crippen molar-refractivity contribution in [2.45, 2.75) is 19.4 Å². The molecule has 2 heterocycles. The smallest absolute Gasteiger partial charge is 0.347 e. The Morgan fingerprint density at radius 1 is 1.50 bits per heavy atom. The summed E-state index contributed by atoms with van der Waals surface area (Å²) >= 11 is 3.56. The quantitative estimate of drug-likeness (QED) is 0.790. The van der Waals surface area contributed by atoms with Crippen molar-refractivity contribution in [2.24, 2.45) is 5.41 Å². The Morgan fingerprint density at radius 3 is 2.88 bits per heavy atom. The van der Waals surface area contributed by atoms with Gasteiger partial charge >= 0.3 is 5.69 Å². The highest BCUT2D eigenvalue weighted by molar-refractivity contribution is 9.09. The Labute approximate surface area is 103 Å². The Bertz CT molecular complexity index is 399. The van der Waals surface area contributed by atoms with Crippen LogP contribution in [0.3, 0.4) is 0 Å². The molecule has 1 aliphatic rings. The first-order valence-corrected chi connectivity index (χ1v) is 6.53. The highest BCUT2D eigenvalue weighted by atomic mass is 79.9. The average Bonchev–Trinajstić information content (AvgIpc) is 2.33. The molecule has 5 heteroatoms. The molecule has 1 fully saturated rings. The molecule has 0 unspecified atom stereocenters. The van der Waals surface area contributed by atoms with Crippen LogP contribution in [-0.2, 0) is 11.3 Å². The minimum atomic E-state index is -0.172. The highest BCUT2D eigenvalue weighted by Crippen LogP contribution is 2.33. The molecular weight excluding hydrogens is 272 g/mol. The number of aromatic nitrogens is 2. The second kappa shape index (κ2) is 5.10. The first kappa shape index (κ1) is 11.8. The summed E-state index contributed by atoms with van der Waals surface area (Å²) in [5, 5.41) is 0.894. The third-order valence-corrected chi connectivity index (χ3v) is 4.31. The Kier molecular flexibility index (Phi) is 3.76. The molecule has 0 amide bonds. The molecule has 0 N–H and O–H groups in total. The summed E-state index contributed by atoms with van der Waals surface area (Å²) in [4.78, 5) is 15.3. The third kappa shape index (κ3) is 2.52. The third-order valence-electron chi connectivity index (χ3n) is 3.13. The van der Waals surface area contributed by atoms with Crippen molar-refractivity contribution in [3.63, 3.8) is 0 Å². The van der Waals surface area contributed by atoms with Gasteiger partial charge in [0.25, 0.3) is 0 Å². The first-order valence-electron chi connectivity index (χ1n) is 5.41. The van der Waals surface area contributed by atoms with Gasteiger partial charge in [-0.2, -0.15) is 0 Å². The Balaban J connectivity index is 2.18. The van der Waals surface area contributed by atoms with Crippen LogP contribution >= 0.6 is 15.9 Å². The van der Waals surface area contributed by atoms with Gasteiger partial charge < -0.3 is 4.74 Å². The largest absolute Gasteiger partial charge is 0.381 e. The standard InChI is InChI=1S/C11H15BrN2O2/c12-8-11(2-6-16-7-3-11)9-14-5-1-4-13-10(14)15/h1,4-5H,2-3,6-9H2. The second-order valence-corrected chi connectivity index (χ2v) is 4.84. The van der Waals surface area contributed by atoms with Gasteiger partial charge in [0.05, 0.1) is 0 Å². The fourth-order valence-electron chi connectivity index (χ4n) is 2.01. The normalized spacial score (nSPS) is 19.6. The zero-order valence-electron chi connectivity index (χ0n) is 9.06. The number of rotatable bonds is 3. The van der Waals surface area contributed by atoms with Crippen LogP contribution < -0.4 is 5.69 Å². The molecule has 1 aromatic heterocycles. The van der Waals surface area contributed by atoms with Crippen LogP contribution in [0.1, 0.15) is 12.8 Å². The maximum Gasteiger partial charge on any atom is 0.347 e. The minimum Gasteiger partial charge on any atom is -0.381 e. The van der Waals surface area contributed by atoms with E-state index in [2.05, 4.69) is 20.9 Å². The molecule has 0 saturated carbocycles. The SMILES string of the molecule is O=c1ncccn1CC1(CBr)CCOCC1. The van der Waals surface area contributed by atoms with E-state index in [0.29, 0.717) is 6.54 Å². The molecule has 0 bridgehead atoms. The summed E-state index contributed by atoms with van der Waals surface area (Å²) in [6, 6.07) is 1.79. The van der Waals surface area contributed by atoms with Gasteiger partial charge in [-0.05, 0) is 18.9 Å². The molecule has 0 spiro atoms. The predicted octanol–water partition coefficient (Wildman–Crippen LogP) is 1.44. The van der Waals surface area contributed by atoms with E-state index >= 15 is 0 Å². The van der Waals surface area contributed by atoms with E-state index < -0.39 is 0 Å². The second-order valence-electron chi connectivity index (χ2n) is 4.28. The number of alkyl halides is 1. The van der Waals surface area contributed by atoms with Crippen molar-refractivity contribution in [1.29, 1.82) is 0 Å². The predicted molar refractivity (Wildman–Crippen MR) is 64.8 cm³/mol. The lowest BCUT2D eigenvalue weighted by atomic mass is 9.82. The molecular formula is C11H15BrN2O2. The van der Waals surface area contributed by atoms with Gasteiger partial charge in [-0.1, -0.05) is 15.9 Å². The van der Waals surface area contributed by atoms with Crippen LogP contribution in [0.15, 0.2) is 23.3 Å². The molecule has 16 heavy (non-hydrogen) atoms. The van der Waals surface area contributed by atoms with Crippen molar-refractivity contribution in [3.05, 3.63) is 28.9 Å². The zero-order valence-corrected chi connectivity index (χ0v) is 10.6. The Hall–Kier alpha value is -0.680. The van der Waals surface area contributed by atoms with Crippen LogP contribution in [0, 0.1) is 5.41 Å².